The summed E-state index contributed by atoms with van der Waals surface area (Å²) in [5, 5.41) is 3.94. The second-order valence-corrected chi connectivity index (χ2v) is 5.22. The fourth-order valence-electron chi connectivity index (χ4n) is 1.74. The van der Waals surface area contributed by atoms with E-state index in [-0.39, 0.29) is 11.2 Å². The molecule has 1 aromatic rings. The van der Waals surface area contributed by atoms with Crippen molar-refractivity contribution in [3.05, 3.63) is 12.2 Å². The molecule has 0 aliphatic carbocycles. The van der Waals surface area contributed by atoms with E-state index < -0.39 is 0 Å². The Balaban J connectivity index is 2.38. The predicted octanol–water partition coefficient (Wildman–Crippen LogP) is 1.08. The summed E-state index contributed by atoms with van der Waals surface area (Å²) < 4.78 is 1.64. The van der Waals surface area contributed by atoms with Gasteiger partial charge in [0, 0.05) is 13.5 Å². The van der Waals surface area contributed by atoms with Gasteiger partial charge in [0.25, 0.3) is 0 Å². The number of nitrogens with two attached hydrogens (primary N) is 1. The van der Waals surface area contributed by atoms with Gasteiger partial charge in [0.2, 0.25) is 0 Å². The lowest BCUT2D eigenvalue weighted by Gasteiger charge is -2.23. The summed E-state index contributed by atoms with van der Waals surface area (Å²) in [6.07, 6.45) is 4.25. The van der Waals surface area contributed by atoms with Crippen molar-refractivity contribution in [2.75, 3.05) is 6.54 Å². The van der Waals surface area contributed by atoms with Crippen molar-refractivity contribution in [2.45, 2.75) is 39.5 Å². The molecule has 96 valence electrons. The number of hydrogen-bond donors (Lipinski definition) is 1. The molecule has 5 heteroatoms. The molecule has 1 aromatic heterocycles. The van der Waals surface area contributed by atoms with Crippen molar-refractivity contribution >= 4 is 5.78 Å². The summed E-state index contributed by atoms with van der Waals surface area (Å²) >= 11 is 0. The van der Waals surface area contributed by atoms with Crippen molar-refractivity contribution in [2.24, 2.45) is 18.2 Å². The van der Waals surface area contributed by atoms with Crippen LogP contribution in [0.15, 0.2) is 6.33 Å². The highest BCUT2D eigenvalue weighted by Gasteiger charge is 2.18. The smallest absolute Gasteiger partial charge is 0.140 e. The molecule has 0 aromatic carbocycles. The van der Waals surface area contributed by atoms with Gasteiger partial charge in [-0.05, 0) is 24.8 Å². The minimum absolute atomic E-state index is 0.143. The van der Waals surface area contributed by atoms with Gasteiger partial charge < -0.3 is 5.73 Å². The van der Waals surface area contributed by atoms with E-state index in [0.29, 0.717) is 19.4 Å². The summed E-state index contributed by atoms with van der Waals surface area (Å²) in [4.78, 5) is 15.8. The number of ketones is 1. The van der Waals surface area contributed by atoms with Crippen molar-refractivity contribution in [3.63, 3.8) is 0 Å². The van der Waals surface area contributed by atoms with E-state index in [9.17, 15) is 4.79 Å². The first-order valence-corrected chi connectivity index (χ1v) is 5.99. The van der Waals surface area contributed by atoms with Gasteiger partial charge in [-0.15, -0.1) is 0 Å². The zero-order valence-electron chi connectivity index (χ0n) is 10.9. The quantitative estimate of drug-likeness (QED) is 0.771. The standard InChI is InChI=1S/C12H22N4O/c1-12(2,6-7-13)5-4-10(17)8-11-14-9-15-16(11)3/h9H,4-8,13H2,1-3H3. The maximum absolute atomic E-state index is 11.8. The summed E-state index contributed by atoms with van der Waals surface area (Å²) in [5.41, 5.74) is 5.69. The van der Waals surface area contributed by atoms with Gasteiger partial charge in [0.1, 0.15) is 17.9 Å². The molecule has 0 saturated heterocycles. The molecular formula is C12H22N4O. The lowest BCUT2D eigenvalue weighted by molar-refractivity contribution is -0.119. The molecule has 0 atom stereocenters. The topological polar surface area (TPSA) is 73.8 Å². The number of carbonyl (C=O) groups excluding carboxylic acids is 1. The molecule has 0 fully saturated rings. The molecule has 0 spiro atoms. The molecule has 0 unspecified atom stereocenters. The molecular weight excluding hydrogens is 216 g/mol. The Labute approximate surface area is 102 Å². The number of carbonyl (C=O) groups is 1. The number of aromatic nitrogens is 3. The number of rotatable bonds is 7. The molecule has 0 aliphatic heterocycles. The first-order valence-electron chi connectivity index (χ1n) is 5.99. The number of aryl methyl sites for hydroxylation is 1. The van der Waals surface area contributed by atoms with Crippen LogP contribution in [0, 0.1) is 5.41 Å². The van der Waals surface area contributed by atoms with Crippen LogP contribution in [0.4, 0.5) is 0 Å². The van der Waals surface area contributed by atoms with Gasteiger partial charge in [0.15, 0.2) is 0 Å². The zero-order valence-corrected chi connectivity index (χ0v) is 10.9. The van der Waals surface area contributed by atoms with Crippen LogP contribution in [0.3, 0.4) is 0 Å². The Morgan fingerprint density at radius 3 is 2.71 bits per heavy atom. The van der Waals surface area contributed by atoms with E-state index in [2.05, 4.69) is 23.9 Å². The minimum atomic E-state index is 0.143. The highest BCUT2D eigenvalue weighted by atomic mass is 16.1. The SMILES string of the molecule is Cn1ncnc1CC(=O)CCC(C)(C)CCN. The van der Waals surface area contributed by atoms with E-state index in [0.717, 1.165) is 18.7 Å². The Morgan fingerprint density at radius 1 is 1.47 bits per heavy atom. The van der Waals surface area contributed by atoms with Gasteiger partial charge in [-0.3, -0.25) is 9.48 Å². The van der Waals surface area contributed by atoms with Crippen LogP contribution in [0.2, 0.25) is 0 Å². The predicted molar refractivity (Wildman–Crippen MR) is 66.4 cm³/mol. The first kappa shape index (κ1) is 13.8. The normalized spacial score (nSPS) is 11.8. The Kier molecular flexibility index (Phi) is 4.81. The second-order valence-electron chi connectivity index (χ2n) is 5.22. The third-order valence-corrected chi connectivity index (χ3v) is 3.06. The van der Waals surface area contributed by atoms with E-state index >= 15 is 0 Å². The van der Waals surface area contributed by atoms with Crippen LogP contribution in [-0.4, -0.2) is 27.1 Å². The molecule has 0 amide bonds. The van der Waals surface area contributed by atoms with E-state index in [1.165, 1.54) is 6.33 Å². The molecule has 17 heavy (non-hydrogen) atoms. The third kappa shape index (κ3) is 4.65. The van der Waals surface area contributed by atoms with Gasteiger partial charge >= 0.3 is 0 Å². The molecule has 1 rings (SSSR count). The molecule has 0 aliphatic rings. The molecule has 5 nitrogen and oxygen atoms in total. The molecule has 0 bridgehead atoms. The van der Waals surface area contributed by atoms with Gasteiger partial charge in [-0.1, -0.05) is 13.8 Å². The second kappa shape index (κ2) is 5.91. The molecule has 1 heterocycles. The summed E-state index contributed by atoms with van der Waals surface area (Å²) in [5.74, 6) is 0.942. The Hall–Kier alpha value is -1.23. The van der Waals surface area contributed by atoms with Crippen LogP contribution < -0.4 is 5.73 Å². The van der Waals surface area contributed by atoms with E-state index in [1.54, 1.807) is 11.7 Å². The Bertz CT molecular complexity index is 370. The number of hydrogen-bond acceptors (Lipinski definition) is 4. The highest BCUT2D eigenvalue weighted by Crippen LogP contribution is 2.26. The van der Waals surface area contributed by atoms with Crippen LogP contribution in [-0.2, 0) is 18.3 Å². The van der Waals surface area contributed by atoms with Crippen molar-refractivity contribution in [3.8, 4) is 0 Å². The van der Waals surface area contributed by atoms with Crippen LogP contribution in [0.25, 0.3) is 0 Å². The maximum atomic E-state index is 11.8. The maximum Gasteiger partial charge on any atom is 0.140 e. The molecule has 0 radical (unpaired) electrons. The Morgan fingerprint density at radius 2 is 2.18 bits per heavy atom. The fraction of sp³-hybridized carbons (Fsp3) is 0.750. The highest BCUT2D eigenvalue weighted by molar-refractivity contribution is 5.80. The fourth-order valence-corrected chi connectivity index (χ4v) is 1.74. The van der Waals surface area contributed by atoms with E-state index in [4.69, 9.17) is 5.73 Å². The number of nitrogens with zero attached hydrogens (tertiary/aromatic N) is 3. The van der Waals surface area contributed by atoms with Crippen molar-refractivity contribution in [1.29, 1.82) is 0 Å². The lowest BCUT2D eigenvalue weighted by atomic mass is 9.83. The summed E-state index contributed by atoms with van der Waals surface area (Å²) in [6.45, 7) is 4.97. The van der Waals surface area contributed by atoms with Crippen LogP contribution in [0.5, 0.6) is 0 Å². The summed E-state index contributed by atoms with van der Waals surface area (Å²) in [7, 11) is 1.80. The first-order chi connectivity index (χ1) is 7.94. The zero-order chi connectivity index (χ0) is 12.9. The molecule has 0 saturated carbocycles. The van der Waals surface area contributed by atoms with Crippen molar-refractivity contribution < 1.29 is 4.79 Å². The van der Waals surface area contributed by atoms with Gasteiger partial charge in [-0.2, -0.15) is 5.10 Å². The van der Waals surface area contributed by atoms with Gasteiger partial charge in [0.05, 0.1) is 6.42 Å². The number of Topliss-reactive ketones (excluding diaryl/α,β-unsaturated/α-hetero) is 1. The average Bonchev–Trinajstić information content (AvgIpc) is 2.62. The molecule has 2 N–H and O–H groups in total. The largest absolute Gasteiger partial charge is 0.330 e. The average molecular weight is 238 g/mol. The van der Waals surface area contributed by atoms with E-state index in [1.807, 2.05) is 0 Å². The van der Waals surface area contributed by atoms with Crippen LogP contribution in [0.1, 0.15) is 38.9 Å². The lowest BCUT2D eigenvalue weighted by Crippen LogP contribution is -2.19. The summed E-state index contributed by atoms with van der Waals surface area (Å²) in [6, 6.07) is 0. The van der Waals surface area contributed by atoms with Crippen LogP contribution >= 0.6 is 0 Å². The third-order valence-electron chi connectivity index (χ3n) is 3.06. The van der Waals surface area contributed by atoms with Crippen molar-refractivity contribution in [1.82, 2.24) is 14.8 Å². The monoisotopic (exact) mass is 238 g/mol. The minimum Gasteiger partial charge on any atom is -0.330 e. The van der Waals surface area contributed by atoms with Gasteiger partial charge in [-0.25, -0.2) is 4.98 Å².